The van der Waals surface area contributed by atoms with Crippen molar-refractivity contribution in [2.45, 2.75) is 6.42 Å². The Kier molecular flexibility index (Phi) is 3.38. The van der Waals surface area contributed by atoms with Crippen molar-refractivity contribution in [3.05, 3.63) is 34.1 Å². The molecule has 0 spiro atoms. The summed E-state index contributed by atoms with van der Waals surface area (Å²) in [5.41, 5.74) is 6.00. The molecule has 0 amide bonds. The van der Waals surface area contributed by atoms with Crippen LogP contribution in [0, 0.1) is 0 Å². The van der Waals surface area contributed by atoms with E-state index in [9.17, 15) is 0 Å². The van der Waals surface area contributed by atoms with Crippen LogP contribution >= 0.6 is 23.2 Å². The minimum Gasteiger partial charge on any atom is -0.330 e. The van der Waals surface area contributed by atoms with Gasteiger partial charge in [-0.25, -0.2) is 0 Å². The third-order valence-corrected chi connectivity index (χ3v) is 2.78. The lowest BCUT2D eigenvalue weighted by Gasteiger charge is -2.02. The topological polar surface area (TPSA) is 69.6 Å². The zero-order valence-corrected chi connectivity index (χ0v) is 9.78. The normalized spacial score (nSPS) is 10.7. The van der Waals surface area contributed by atoms with Gasteiger partial charge in [0.25, 0.3) is 0 Å². The molecule has 0 aliphatic heterocycles. The molecular formula is C9H9Cl2N5. The molecule has 0 aliphatic carbocycles. The van der Waals surface area contributed by atoms with E-state index in [1.165, 1.54) is 4.80 Å². The summed E-state index contributed by atoms with van der Waals surface area (Å²) in [7, 11) is 0. The molecular weight excluding hydrogens is 249 g/mol. The van der Waals surface area contributed by atoms with E-state index in [-0.39, 0.29) is 0 Å². The molecule has 0 saturated carbocycles. The molecule has 16 heavy (non-hydrogen) atoms. The summed E-state index contributed by atoms with van der Waals surface area (Å²) in [4.78, 5) is 1.35. The van der Waals surface area contributed by atoms with Crippen LogP contribution in [0.2, 0.25) is 10.0 Å². The number of nitrogens with zero attached hydrogens (tertiary/aromatic N) is 4. The molecule has 0 aliphatic rings. The molecule has 1 aromatic heterocycles. The summed E-state index contributed by atoms with van der Waals surface area (Å²) in [5.74, 6) is 0.582. The summed E-state index contributed by atoms with van der Waals surface area (Å²) >= 11 is 11.9. The van der Waals surface area contributed by atoms with Crippen LogP contribution in [0.25, 0.3) is 5.69 Å². The van der Waals surface area contributed by atoms with Crippen LogP contribution in [0.5, 0.6) is 0 Å². The Balaban J connectivity index is 2.39. The van der Waals surface area contributed by atoms with E-state index in [1.54, 1.807) is 18.2 Å². The number of nitrogens with two attached hydrogens (primary N) is 1. The molecule has 1 heterocycles. The Morgan fingerprint density at radius 2 is 2.12 bits per heavy atom. The van der Waals surface area contributed by atoms with E-state index >= 15 is 0 Å². The van der Waals surface area contributed by atoms with Gasteiger partial charge >= 0.3 is 0 Å². The maximum Gasteiger partial charge on any atom is 0.176 e. The second kappa shape index (κ2) is 4.78. The average Bonchev–Trinajstić information content (AvgIpc) is 2.71. The maximum absolute atomic E-state index is 6.03. The lowest BCUT2D eigenvalue weighted by atomic mass is 10.3. The van der Waals surface area contributed by atoms with Gasteiger partial charge in [-0.15, -0.1) is 15.0 Å². The number of tetrazole rings is 1. The first-order chi connectivity index (χ1) is 7.72. The number of aromatic nitrogens is 4. The molecule has 0 radical (unpaired) electrons. The Morgan fingerprint density at radius 1 is 1.31 bits per heavy atom. The van der Waals surface area contributed by atoms with E-state index in [4.69, 9.17) is 28.9 Å². The number of halogens is 2. The van der Waals surface area contributed by atoms with E-state index in [1.807, 2.05) is 0 Å². The molecule has 0 fully saturated rings. The first-order valence-electron chi connectivity index (χ1n) is 4.65. The van der Waals surface area contributed by atoms with Gasteiger partial charge in [-0.1, -0.05) is 29.3 Å². The van der Waals surface area contributed by atoms with Crippen LogP contribution in [-0.2, 0) is 6.42 Å². The lowest BCUT2D eigenvalue weighted by Crippen LogP contribution is -2.05. The Hall–Kier alpha value is -1.17. The van der Waals surface area contributed by atoms with Gasteiger partial charge in [-0.2, -0.15) is 0 Å². The van der Waals surface area contributed by atoms with Crippen molar-refractivity contribution in [3.63, 3.8) is 0 Å². The first kappa shape index (κ1) is 11.3. The molecule has 2 rings (SSSR count). The van der Waals surface area contributed by atoms with E-state index in [2.05, 4.69) is 15.4 Å². The highest BCUT2D eigenvalue weighted by molar-refractivity contribution is 6.43. The van der Waals surface area contributed by atoms with Gasteiger partial charge in [0.2, 0.25) is 0 Å². The van der Waals surface area contributed by atoms with Crippen LogP contribution < -0.4 is 5.73 Å². The minimum atomic E-state index is 0.404. The summed E-state index contributed by atoms with van der Waals surface area (Å²) in [5, 5.41) is 12.7. The number of hydrogen-bond acceptors (Lipinski definition) is 4. The van der Waals surface area contributed by atoms with Gasteiger partial charge in [0.15, 0.2) is 5.82 Å². The van der Waals surface area contributed by atoms with Gasteiger partial charge in [0, 0.05) is 6.42 Å². The molecule has 2 N–H and O–H groups in total. The zero-order valence-electron chi connectivity index (χ0n) is 8.27. The molecule has 5 nitrogen and oxygen atoms in total. The largest absolute Gasteiger partial charge is 0.330 e. The van der Waals surface area contributed by atoms with Crippen LogP contribution in [0.3, 0.4) is 0 Å². The van der Waals surface area contributed by atoms with Gasteiger partial charge in [0.05, 0.1) is 10.0 Å². The third kappa shape index (κ3) is 2.16. The molecule has 0 saturated heterocycles. The molecule has 7 heteroatoms. The van der Waals surface area contributed by atoms with E-state index in [0.717, 1.165) is 0 Å². The fourth-order valence-corrected chi connectivity index (χ4v) is 1.59. The van der Waals surface area contributed by atoms with Crippen molar-refractivity contribution < 1.29 is 0 Å². The molecule has 0 unspecified atom stereocenters. The van der Waals surface area contributed by atoms with Crippen molar-refractivity contribution in [2.75, 3.05) is 6.54 Å². The highest BCUT2D eigenvalue weighted by Gasteiger charge is 2.09. The molecule has 84 valence electrons. The van der Waals surface area contributed by atoms with Gasteiger partial charge < -0.3 is 5.73 Å². The number of hydrogen-bond donors (Lipinski definition) is 1. The summed E-state index contributed by atoms with van der Waals surface area (Å²) in [6.07, 6.45) is 0.582. The van der Waals surface area contributed by atoms with Gasteiger partial charge in [0.1, 0.15) is 5.69 Å². The van der Waals surface area contributed by atoms with Crippen LogP contribution in [-0.4, -0.2) is 26.8 Å². The third-order valence-electron chi connectivity index (χ3n) is 1.97. The SMILES string of the molecule is NCCc1nnn(-c2cccc(Cl)c2Cl)n1. The predicted molar refractivity (Wildman–Crippen MR) is 61.9 cm³/mol. The van der Waals surface area contributed by atoms with Crippen molar-refractivity contribution in [1.29, 1.82) is 0 Å². The van der Waals surface area contributed by atoms with Crippen molar-refractivity contribution in [2.24, 2.45) is 5.73 Å². The number of rotatable bonds is 3. The van der Waals surface area contributed by atoms with Crippen molar-refractivity contribution >= 4 is 23.2 Å². The quantitative estimate of drug-likeness (QED) is 0.905. The summed E-state index contributed by atoms with van der Waals surface area (Å²) < 4.78 is 0. The van der Waals surface area contributed by atoms with Gasteiger partial charge in [-0.3, -0.25) is 0 Å². The first-order valence-corrected chi connectivity index (χ1v) is 5.41. The number of benzene rings is 1. The van der Waals surface area contributed by atoms with E-state index < -0.39 is 0 Å². The standard InChI is InChI=1S/C9H9Cl2N5/c10-6-2-1-3-7(9(6)11)16-14-8(4-5-12)13-15-16/h1-3H,4-5,12H2. The predicted octanol–water partition coefficient (Wildman–Crippen LogP) is 1.47. The zero-order chi connectivity index (χ0) is 11.5. The maximum atomic E-state index is 6.03. The smallest absolute Gasteiger partial charge is 0.176 e. The van der Waals surface area contributed by atoms with E-state index in [0.29, 0.717) is 34.5 Å². The van der Waals surface area contributed by atoms with Crippen LogP contribution in [0.1, 0.15) is 5.82 Å². The fourth-order valence-electron chi connectivity index (χ4n) is 1.22. The summed E-state index contributed by atoms with van der Waals surface area (Å²) in [6, 6.07) is 5.24. The van der Waals surface area contributed by atoms with Crippen LogP contribution in [0.4, 0.5) is 0 Å². The Morgan fingerprint density at radius 3 is 2.88 bits per heavy atom. The Bertz CT molecular complexity index is 496. The lowest BCUT2D eigenvalue weighted by molar-refractivity contribution is 0.717. The second-order valence-corrected chi connectivity index (χ2v) is 3.89. The van der Waals surface area contributed by atoms with Crippen LogP contribution in [0.15, 0.2) is 18.2 Å². The minimum absolute atomic E-state index is 0.404. The highest BCUT2D eigenvalue weighted by atomic mass is 35.5. The molecule has 1 aromatic carbocycles. The van der Waals surface area contributed by atoms with Gasteiger partial charge in [-0.05, 0) is 23.9 Å². The monoisotopic (exact) mass is 257 g/mol. The molecule has 2 aromatic rings. The Labute approximate surface area is 102 Å². The van der Waals surface area contributed by atoms with Crippen molar-refractivity contribution in [3.8, 4) is 5.69 Å². The molecule has 0 bridgehead atoms. The second-order valence-electron chi connectivity index (χ2n) is 3.11. The highest BCUT2D eigenvalue weighted by Crippen LogP contribution is 2.27. The van der Waals surface area contributed by atoms with Crippen molar-refractivity contribution in [1.82, 2.24) is 20.2 Å². The summed E-state index contributed by atoms with van der Waals surface area (Å²) in [6.45, 7) is 0.481. The fraction of sp³-hybridized carbons (Fsp3) is 0.222. The average molecular weight is 258 g/mol. The molecule has 0 atom stereocenters.